The fourth-order valence-corrected chi connectivity index (χ4v) is 1.70. The summed E-state index contributed by atoms with van der Waals surface area (Å²) < 4.78 is 5.60. The van der Waals surface area contributed by atoms with Crippen LogP contribution in [0.15, 0.2) is 16.7 Å². The molecule has 0 atom stereocenters. The molecule has 0 saturated heterocycles. The molecule has 0 bridgehead atoms. The average molecular weight is 348 g/mol. The number of nitro groups is 1. The third-order valence-electron chi connectivity index (χ3n) is 1.99. The fraction of sp³-hybridized carbons (Fsp3) is 0.500. The number of nitrogens with one attached hydrogen (secondary N) is 1. The highest BCUT2D eigenvalue weighted by Crippen LogP contribution is 2.27. The standard InChI is InChI=1S/C10H14BrN3O3.C2H4O/c1-10(2,6-17-3)13-9-8(14(15)16)4-7(11)5-12-9;1-2-3/h4-5H,6H2,1-3H3,(H,12,13);2H,1H3. The first-order valence-corrected chi connectivity index (χ1v) is 6.53. The van der Waals surface area contributed by atoms with Crippen LogP contribution in [-0.2, 0) is 9.53 Å². The molecule has 112 valence electrons. The van der Waals surface area contributed by atoms with Gasteiger partial charge in [0.25, 0.3) is 0 Å². The van der Waals surface area contributed by atoms with E-state index < -0.39 is 10.5 Å². The highest BCUT2D eigenvalue weighted by atomic mass is 79.9. The Labute approximate surface area is 126 Å². The maximum atomic E-state index is 10.9. The largest absolute Gasteiger partial charge is 0.382 e. The number of aldehydes is 1. The molecule has 0 fully saturated rings. The van der Waals surface area contributed by atoms with Gasteiger partial charge in [0.05, 0.1) is 17.1 Å². The molecule has 8 heteroatoms. The van der Waals surface area contributed by atoms with Crippen molar-refractivity contribution in [3.05, 3.63) is 26.9 Å². The lowest BCUT2D eigenvalue weighted by Gasteiger charge is -2.25. The number of hydrogen-bond acceptors (Lipinski definition) is 6. The van der Waals surface area contributed by atoms with Crippen LogP contribution in [0.1, 0.15) is 20.8 Å². The highest BCUT2D eigenvalue weighted by Gasteiger charge is 2.23. The molecule has 1 rings (SSSR count). The van der Waals surface area contributed by atoms with E-state index in [1.165, 1.54) is 19.2 Å². The quantitative estimate of drug-likeness (QED) is 0.500. The Morgan fingerprint density at radius 3 is 2.60 bits per heavy atom. The van der Waals surface area contributed by atoms with E-state index in [4.69, 9.17) is 9.53 Å². The van der Waals surface area contributed by atoms with Crippen molar-refractivity contribution in [3.8, 4) is 0 Å². The molecule has 1 heterocycles. The number of anilines is 1. The minimum Gasteiger partial charge on any atom is -0.382 e. The number of carbonyl (C=O) groups is 1. The van der Waals surface area contributed by atoms with Gasteiger partial charge in [-0.25, -0.2) is 4.98 Å². The van der Waals surface area contributed by atoms with Crippen molar-refractivity contribution in [1.29, 1.82) is 0 Å². The topological polar surface area (TPSA) is 94.4 Å². The van der Waals surface area contributed by atoms with Crippen LogP contribution in [0.25, 0.3) is 0 Å². The number of methoxy groups -OCH3 is 1. The number of halogens is 1. The molecular formula is C12H18BrN3O4. The van der Waals surface area contributed by atoms with Crippen LogP contribution in [0.5, 0.6) is 0 Å². The lowest BCUT2D eigenvalue weighted by molar-refractivity contribution is -0.384. The zero-order valence-corrected chi connectivity index (χ0v) is 13.4. The van der Waals surface area contributed by atoms with Gasteiger partial charge < -0.3 is 14.8 Å². The molecule has 1 aromatic rings. The van der Waals surface area contributed by atoms with Gasteiger partial charge in [-0.05, 0) is 36.7 Å². The molecule has 0 saturated carbocycles. The monoisotopic (exact) mass is 347 g/mol. The van der Waals surface area contributed by atoms with Gasteiger partial charge in [-0.15, -0.1) is 0 Å². The second kappa shape index (κ2) is 8.60. The summed E-state index contributed by atoms with van der Waals surface area (Å²) in [5, 5.41) is 13.9. The molecule has 0 aliphatic heterocycles. The van der Waals surface area contributed by atoms with E-state index in [1.807, 2.05) is 13.8 Å². The van der Waals surface area contributed by atoms with Gasteiger partial charge >= 0.3 is 5.69 Å². The number of hydrogen-bond donors (Lipinski definition) is 1. The van der Waals surface area contributed by atoms with Gasteiger partial charge in [0.15, 0.2) is 0 Å². The number of pyridine rings is 1. The van der Waals surface area contributed by atoms with E-state index in [0.717, 1.165) is 6.29 Å². The van der Waals surface area contributed by atoms with Crippen LogP contribution in [0.2, 0.25) is 0 Å². The Kier molecular flexibility index (Phi) is 7.93. The first kappa shape index (κ1) is 18.5. The number of ether oxygens (including phenoxy) is 1. The van der Waals surface area contributed by atoms with E-state index in [1.54, 1.807) is 7.11 Å². The summed E-state index contributed by atoms with van der Waals surface area (Å²) in [6.07, 6.45) is 2.26. The predicted octanol–water partition coefficient (Wildman–Crippen LogP) is 2.79. The summed E-state index contributed by atoms with van der Waals surface area (Å²) in [4.78, 5) is 23.2. The van der Waals surface area contributed by atoms with Gasteiger partial charge in [0.1, 0.15) is 6.29 Å². The van der Waals surface area contributed by atoms with Gasteiger partial charge in [-0.2, -0.15) is 0 Å². The molecule has 0 aromatic carbocycles. The average Bonchev–Trinajstić information content (AvgIpc) is 2.31. The van der Waals surface area contributed by atoms with Crippen molar-refractivity contribution in [2.45, 2.75) is 26.3 Å². The van der Waals surface area contributed by atoms with E-state index in [2.05, 4.69) is 26.2 Å². The smallest absolute Gasteiger partial charge is 0.312 e. The third-order valence-corrected chi connectivity index (χ3v) is 2.43. The Balaban J connectivity index is 0.00000110. The van der Waals surface area contributed by atoms with Crippen LogP contribution < -0.4 is 5.32 Å². The normalized spacial score (nSPS) is 10.2. The van der Waals surface area contributed by atoms with Crippen LogP contribution in [-0.4, -0.2) is 35.4 Å². The van der Waals surface area contributed by atoms with E-state index in [0.29, 0.717) is 11.1 Å². The SMILES string of the molecule is CC=O.COCC(C)(C)Nc1ncc(Br)cc1[N+](=O)[O-]. The number of carbonyl (C=O) groups excluding carboxylic acids is 1. The Bertz CT molecular complexity index is 466. The molecule has 0 aliphatic rings. The number of rotatable bonds is 5. The summed E-state index contributed by atoms with van der Waals surface area (Å²) in [5.74, 6) is 0.236. The van der Waals surface area contributed by atoms with Crippen molar-refractivity contribution in [2.75, 3.05) is 19.0 Å². The van der Waals surface area contributed by atoms with Crippen molar-refractivity contribution < 1.29 is 14.5 Å². The van der Waals surface area contributed by atoms with Crippen LogP contribution in [0.3, 0.4) is 0 Å². The summed E-state index contributed by atoms with van der Waals surface area (Å²) in [7, 11) is 1.58. The molecule has 0 radical (unpaired) electrons. The molecule has 1 N–H and O–H groups in total. The minimum atomic E-state index is -0.469. The fourth-order valence-electron chi connectivity index (χ4n) is 1.38. The number of aromatic nitrogens is 1. The predicted molar refractivity (Wildman–Crippen MR) is 79.9 cm³/mol. The van der Waals surface area contributed by atoms with E-state index in [9.17, 15) is 10.1 Å². The molecule has 0 amide bonds. The lowest BCUT2D eigenvalue weighted by Crippen LogP contribution is -2.36. The molecule has 7 nitrogen and oxygen atoms in total. The van der Waals surface area contributed by atoms with Crippen molar-refractivity contribution in [2.24, 2.45) is 0 Å². The van der Waals surface area contributed by atoms with Crippen molar-refractivity contribution >= 4 is 33.7 Å². The first-order valence-electron chi connectivity index (χ1n) is 5.74. The van der Waals surface area contributed by atoms with Crippen molar-refractivity contribution in [3.63, 3.8) is 0 Å². The summed E-state index contributed by atoms with van der Waals surface area (Å²) in [5.41, 5.74) is -0.496. The summed E-state index contributed by atoms with van der Waals surface area (Å²) >= 11 is 3.16. The van der Waals surface area contributed by atoms with Crippen molar-refractivity contribution in [1.82, 2.24) is 4.98 Å². The second-order valence-electron chi connectivity index (χ2n) is 4.46. The molecule has 20 heavy (non-hydrogen) atoms. The highest BCUT2D eigenvalue weighted by molar-refractivity contribution is 9.10. The Morgan fingerprint density at radius 1 is 1.60 bits per heavy atom. The van der Waals surface area contributed by atoms with Gasteiger partial charge in [-0.1, -0.05) is 0 Å². The van der Waals surface area contributed by atoms with Gasteiger partial charge in [0, 0.05) is 23.8 Å². The minimum absolute atomic E-state index is 0.0662. The van der Waals surface area contributed by atoms with Gasteiger partial charge in [0.2, 0.25) is 5.82 Å². The van der Waals surface area contributed by atoms with Gasteiger partial charge in [-0.3, -0.25) is 10.1 Å². The van der Waals surface area contributed by atoms with E-state index in [-0.39, 0.29) is 11.5 Å². The molecule has 0 aliphatic carbocycles. The van der Waals surface area contributed by atoms with Crippen LogP contribution >= 0.6 is 15.9 Å². The number of nitrogens with zero attached hydrogens (tertiary/aromatic N) is 2. The Morgan fingerprint density at radius 2 is 2.15 bits per heavy atom. The summed E-state index contributed by atoms with van der Waals surface area (Å²) in [6.45, 7) is 5.62. The third kappa shape index (κ3) is 6.58. The van der Waals surface area contributed by atoms with Crippen LogP contribution in [0.4, 0.5) is 11.5 Å². The maximum absolute atomic E-state index is 10.9. The molecule has 0 spiro atoms. The molecule has 0 unspecified atom stereocenters. The second-order valence-corrected chi connectivity index (χ2v) is 5.37. The zero-order valence-electron chi connectivity index (χ0n) is 11.8. The molecule has 1 aromatic heterocycles. The first-order chi connectivity index (χ1) is 9.27. The lowest BCUT2D eigenvalue weighted by atomic mass is 10.1. The maximum Gasteiger partial charge on any atom is 0.312 e. The summed E-state index contributed by atoms with van der Waals surface area (Å²) in [6, 6.07) is 1.41. The van der Waals surface area contributed by atoms with Crippen LogP contribution in [0, 0.1) is 10.1 Å². The molecular weight excluding hydrogens is 330 g/mol. The zero-order chi connectivity index (χ0) is 15.8. The van der Waals surface area contributed by atoms with E-state index >= 15 is 0 Å². The Hall–Kier alpha value is -1.54.